The van der Waals surface area contributed by atoms with Crippen LogP contribution in [0.15, 0.2) is 24.3 Å². The molecule has 20 heavy (non-hydrogen) atoms. The maximum atomic E-state index is 11.8. The number of carbonyl (C=O) groups excluding carboxylic acids is 2. The minimum Gasteiger partial charge on any atom is -0.347 e. The standard InChI is InChI=1S/C14H17N3O2S/c1-14(2,3)12(19)15-8-11(18)17-13-16-9-6-4-5-7-10(9)20-13/h4-7H,8H2,1-3H3,(H,15,19)(H,16,17,18). The van der Waals surface area contributed by atoms with Crippen LogP contribution in [0.1, 0.15) is 20.8 Å². The normalized spacial score (nSPS) is 11.3. The molecule has 0 bridgehead atoms. The second kappa shape index (κ2) is 5.58. The summed E-state index contributed by atoms with van der Waals surface area (Å²) < 4.78 is 1.02. The van der Waals surface area contributed by atoms with Crippen molar-refractivity contribution >= 4 is 38.5 Å². The van der Waals surface area contributed by atoms with Crippen molar-refractivity contribution < 1.29 is 9.59 Å². The van der Waals surface area contributed by atoms with E-state index in [9.17, 15) is 9.59 Å². The Morgan fingerprint density at radius 2 is 1.95 bits per heavy atom. The zero-order valence-electron chi connectivity index (χ0n) is 11.7. The molecule has 0 fully saturated rings. The summed E-state index contributed by atoms with van der Waals surface area (Å²) >= 11 is 1.41. The van der Waals surface area contributed by atoms with Gasteiger partial charge in [-0.3, -0.25) is 9.59 Å². The van der Waals surface area contributed by atoms with Crippen molar-refractivity contribution in [2.24, 2.45) is 5.41 Å². The predicted octanol–water partition coefficient (Wildman–Crippen LogP) is 2.40. The molecule has 1 heterocycles. The zero-order chi connectivity index (χ0) is 14.8. The van der Waals surface area contributed by atoms with Gasteiger partial charge in [-0.2, -0.15) is 0 Å². The van der Waals surface area contributed by atoms with E-state index in [1.54, 1.807) is 20.8 Å². The molecule has 2 rings (SSSR count). The van der Waals surface area contributed by atoms with Gasteiger partial charge in [0.2, 0.25) is 11.8 Å². The van der Waals surface area contributed by atoms with Gasteiger partial charge in [0.05, 0.1) is 16.8 Å². The highest BCUT2D eigenvalue weighted by molar-refractivity contribution is 7.22. The van der Waals surface area contributed by atoms with Crippen LogP contribution in [-0.4, -0.2) is 23.3 Å². The van der Waals surface area contributed by atoms with Crippen LogP contribution in [0.25, 0.3) is 10.2 Å². The Labute approximate surface area is 121 Å². The van der Waals surface area contributed by atoms with Gasteiger partial charge in [-0.1, -0.05) is 44.2 Å². The first-order chi connectivity index (χ1) is 9.36. The highest BCUT2D eigenvalue weighted by Crippen LogP contribution is 2.25. The smallest absolute Gasteiger partial charge is 0.245 e. The summed E-state index contributed by atoms with van der Waals surface area (Å²) in [5, 5.41) is 5.84. The van der Waals surface area contributed by atoms with Crippen LogP contribution in [0.3, 0.4) is 0 Å². The van der Waals surface area contributed by atoms with Gasteiger partial charge in [-0.15, -0.1) is 0 Å². The first kappa shape index (κ1) is 14.5. The Bertz CT molecular complexity index is 610. The SMILES string of the molecule is CC(C)(C)C(=O)NCC(=O)Nc1nc2ccccc2s1. The first-order valence-corrected chi connectivity index (χ1v) is 7.11. The zero-order valence-corrected chi connectivity index (χ0v) is 12.5. The summed E-state index contributed by atoms with van der Waals surface area (Å²) in [5.74, 6) is -0.432. The number of thiazole rings is 1. The molecule has 106 valence electrons. The molecule has 2 amide bonds. The molecule has 0 saturated carbocycles. The Balaban J connectivity index is 1.93. The number of nitrogens with one attached hydrogen (secondary N) is 2. The summed E-state index contributed by atoms with van der Waals surface area (Å²) in [6, 6.07) is 7.67. The average molecular weight is 291 g/mol. The van der Waals surface area contributed by atoms with Crippen LogP contribution in [0, 0.1) is 5.41 Å². The molecule has 0 spiro atoms. The Morgan fingerprint density at radius 3 is 2.60 bits per heavy atom. The van der Waals surface area contributed by atoms with Gasteiger partial charge in [0.1, 0.15) is 0 Å². The lowest BCUT2D eigenvalue weighted by Gasteiger charge is -2.17. The third-order valence-electron chi connectivity index (χ3n) is 2.63. The number of aromatic nitrogens is 1. The van der Waals surface area contributed by atoms with E-state index in [-0.39, 0.29) is 18.4 Å². The Kier molecular flexibility index (Phi) is 4.04. The van der Waals surface area contributed by atoms with Crippen LogP contribution in [0.4, 0.5) is 5.13 Å². The van der Waals surface area contributed by atoms with Gasteiger partial charge in [0.15, 0.2) is 5.13 Å². The summed E-state index contributed by atoms with van der Waals surface area (Å²) in [6.07, 6.45) is 0. The van der Waals surface area contributed by atoms with Gasteiger partial charge in [-0.25, -0.2) is 4.98 Å². The van der Waals surface area contributed by atoms with E-state index >= 15 is 0 Å². The van der Waals surface area contributed by atoms with Crippen molar-refractivity contribution in [3.05, 3.63) is 24.3 Å². The number of amides is 2. The second-order valence-corrected chi connectivity index (χ2v) is 6.50. The summed E-state index contributed by atoms with van der Waals surface area (Å²) in [5.41, 5.74) is 0.349. The third-order valence-corrected chi connectivity index (χ3v) is 3.58. The number of nitrogens with zero attached hydrogens (tertiary/aromatic N) is 1. The van der Waals surface area contributed by atoms with Crippen LogP contribution in [0.5, 0.6) is 0 Å². The maximum absolute atomic E-state index is 11.8. The van der Waals surface area contributed by atoms with Crippen LogP contribution in [-0.2, 0) is 9.59 Å². The average Bonchev–Trinajstić information content (AvgIpc) is 2.76. The number of carbonyl (C=O) groups is 2. The van der Waals surface area contributed by atoms with Crippen molar-refractivity contribution in [3.63, 3.8) is 0 Å². The maximum Gasteiger partial charge on any atom is 0.245 e. The number of anilines is 1. The van der Waals surface area contributed by atoms with Crippen LogP contribution in [0.2, 0.25) is 0 Å². The summed E-state index contributed by atoms with van der Waals surface area (Å²) in [6.45, 7) is 5.35. The first-order valence-electron chi connectivity index (χ1n) is 6.30. The predicted molar refractivity (Wildman–Crippen MR) is 80.7 cm³/mol. The van der Waals surface area contributed by atoms with Crippen molar-refractivity contribution in [1.29, 1.82) is 0 Å². The van der Waals surface area contributed by atoms with Gasteiger partial charge in [0.25, 0.3) is 0 Å². The fourth-order valence-electron chi connectivity index (χ4n) is 1.51. The fraction of sp³-hybridized carbons (Fsp3) is 0.357. The molecular formula is C14H17N3O2S. The minimum atomic E-state index is -0.504. The molecule has 0 unspecified atom stereocenters. The number of fused-ring (bicyclic) bond motifs is 1. The molecule has 0 saturated heterocycles. The highest BCUT2D eigenvalue weighted by atomic mass is 32.1. The van der Waals surface area contributed by atoms with Gasteiger partial charge >= 0.3 is 0 Å². The number of benzene rings is 1. The molecule has 6 heteroatoms. The summed E-state index contributed by atoms with van der Waals surface area (Å²) in [7, 11) is 0. The highest BCUT2D eigenvalue weighted by Gasteiger charge is 2.21. The van der Waals surface area contributed by atoms with Crippen LogP contribution < -0.4 is 10.6 Å². The molecule has 2 aromatic rings. The summed E-state index contributed by atoms with van der Waals surface area (Å²) in [4.78, 5) is 27.7. The second-order valence-electron chi connectivity index (χ2n) is 5.47. The molecule has 5 nitrogen and oxygen atoms in total. The van der Waals surface area contributed by atoms with E-state index in [4.69, 9.17) is 0 Å². The molecule has 0 atom stereocenters. The van der Waals surface area contributed by atoms with E-state index in [0.29, 0.717) is 5.13 Å². The van der Waals surface area contributed by atoms with E-state index in [1.807, 2.05) is 24.3 Å². The molecular weight excluding hydrogens is 274 g/mol. The van der Waals surface area contributed by atoms with E-state index in [2.05, 4.69) is 15.6 Å². The number of hydrogen-bond acceptors (Lipinski definition) is 4. The lowest BCUT2D eigenvalue weighted by molar-refractivity contribution is -0.130. The molecule has 1 aromatic heterocycles. The van der Waals surface area contributed by atoms with Gasteiger partial charge < -0.3 is 10.6 Å². The van der Waals surface area contributed by atoms with E-state index in [0.717, 1.165) is 10.2 Å². The quantitative estimate of drug-likeness (QED) is 0.912. The number of rotatable bonds is 3. The fourth-order valence-corrected chi connectivity index (χ4v) is 2.40. The molecule has 0 aliphatic heterocycles. The van der Waals surface area contributed by atoms with Crippen molar-refractivity contribution in [2.45, 2.75) is 20.8 Å². The van der Waals surface area contributed by atoms with Crippen molar-refractivity contribution in [2.75, 3.05) is 11.9 Å². The van der Waals surface area contributed by atoms with Gasteiger partial charge in [-0.05, 0) is 12.1 Å². The topological polar surface area (TPSA) is 71.1 Å². The largest absolute Gasteiger partial charge is 0.347 e. The van der Waals surface area contributed by atoms with Crippen LogP contribution >= 0.6 is 11.3 Å². The third kappa shape index (κ3) is 3.54. The number of para-hydroxylation sites is 1. The van der Waals surface area contributed by atoms with Crippen molar-refractivity contribution in [3.8, 4) is 0 Å². The Hall–Kier alpha value is -1.95. The molecule has 0 aliphatic rings. The molecule has 0 aliphatic carbocycles. The van der Waals surface area contributed by atoms with Crippen molar-refractivity contribution in [1.82, 2.24) is 10.3 Å². The Morgan fingerprint density at radius 1 is 1.25 bits per heavy atom. The minimum absolute atomic E-state index is 0.0496. The monoisotopic (exact) mass is 291 g/mol. The van der Waals surface area contributed by atoms with Gasteiger partial charge in [0, 0.05) is 5.41 Å². The van der Waals surface area contributed by atoms with E-state index < -0.39 is 5.41 Å². The van der Waals surface area contributed by atoms with E-state index in [1.165, 1.54) is 11.3 Å². The lowest BCUT2D eigenvalue weighted by atomic mass is 9.96. The molecule has 1 aromatic carbocycles. The number of hydrogen-bond donors (Lipinski definition) is 2. The molecule has 0 radical (unpaired) electrons. The lowest BCUT2D eigenvalue weighted by Crippen LogP contribution is -2.39. The molecule has 2 N–H and O–H groups in total.